The summed E-state index contributed by atoms with van der Waals surface area (Å²) in [6, 6.07) is 3.47. The van der Waals surface area contributed by atoms with E-state index in [9.17, 15) is 19.2 Å². The Labute approximate surface area is 210 Å². The summed E-state index contributed by atoms with van der Waals surface area (Å²) < 4.78 is 5.03. The van der Waals surface area contributed by atoms with Crippen LogP contribution in [-0.2, 0) is 20.8 Å². The smallest absolute Gasteiger partial charge is 0.255 e. The number of Topliss-reactive ketones (excluding diaryl/α,β-unsaturated/α-hetero) is 1. The van der Waals surface area contributed by atoms with Crippen molar-refractivity contribution in [2.75, 3.05) is 13.1 Å². The number of carbonyl (C=O) groups is 4. The molecule has 1 N–H and O–H groups in total. The second kappa shape index (κ2) is 10.6. The number of likely N-dealkylation sites (tertiary alicyclic amines) is 2. The second-order valence-electron chi connectivity index (χ2n) is 10.1. The molecule has 1 saturated carbocycles. The molecule has 4 heterocycles. The number of pyridine rings is 1. The van der Waals surface area contributed by atoms with Crippen molar-refractivity contribution in [2.24, 2.45) is 5.92 Å². The number of nitrogens with zero attached hydrogens (tertiary/aromatic N) is 3. The highest BCUT2D eigenvalue weighted by Gasteiger charge is 2.52. The summed E-state index contributed by atoms with van der Waals surface area (Å²) in [5.41, 5.74) is 1.15. The van der Waals surface area contributed by atoms with Gasteiger partial charge in [-0.3, -0.25) is 24.2 Å². The van der Waals surface area contributed by atoms with Gasteiger partial charge in [-0.1, -0.05) is 38.2 Å². The normalized spacial score (nSPS) is 22.9. The highest BCUT2D eigenvalue weighted by atomic mass is 16.3. The minimum atomic E-state index is -0.720. The van der Waals surface area contributed by atoms with E-state index in [1.807, 2.05) is 6.07 Å². The number of nitrogens with one attached hydrogen (secondary N) is 1. The number of carbonyl (C=O) groups excluding carboxylic acids is 4. The largest absolute Gasteiger partial charge is 0.472 e. The van der Waals surface area contributed by atoms with E-state index in [1.165, 1.54) is 18.9 Å². The SMILES string of the molecule is O=C(NC(CC1CCCCC1)C(=O)N1CCC2C1C(=O)CN2C(=O)Cc1cccnc1)c1ccoc1. The van der Waals surface area contributed by atoms with E-state index in [0.29, 0.717) is 30.9 Å². The Kier molecular flexibility index (Phi) is 7.16. The van der Waals surface area contributed by atoms with Gasteiger partial charge in [-0.25, -0.2) is 0 Å². The van der Waals surface area contributed by atoms with E-state index in [1.54, 1.807) is 34.3 Å². The van der Waals surface area contributed by atoms with Gasteiger partial charge in [-0.05, 0) is 36.5 Å². The van der Waals surface area contributed by atoms with Gasteiger partial charge < -0.3 is 19.5 Å². The lowest BCUT2D eigenvalue weighted by Crippen LogP contribution is -2.53. The summed E-state index contributed by atoms with van der Waals surface area (Å²) in [6.07, 6.45) is 12.9. The van der Waals surface area contributed by atoms with Crippen LogP contribution in [-0.4, -0.2) is 69.5 Å². The Bertz CT molecular complexity index is 1100. The number of hydrogen-bond donors (Lipinski definition) is 1. The van der Waals surface area contributed by atoms with E-state index in [4.69, 9.17) is 4.42 Å². The molecule has 0 bridgehead atoms. The lowest BCUT2D eigenvalue weighted by atomic mass is 9.84. The Morgan fingerprint density at radius 2 is 1.94 bits per heavy atom. The van der Waals surface area contributed by atoms with Gasteiger partial charge in [-0.2, -0.15) is 0 Å². The third kappa shape index (κ3) is 5.05. The fourth-order valence-corrected chi connectivity index (χ4v) is 5.98. The van der Waals surface area contributed by atoms with Crippen LogP contribution in [0.1, 0.15) is 60.9 Å². The van der Waals surface area contributed by atoms with Gasteiger partial charge in [0.1, 0.15) is 18.3 Å². The van der Waals surface area contributed by atoms with Crippen LogP contribution in [0, 0.1) is 5.92 Å². The molecule has 2 saturated heterocycles. The Balaban J connectivity index is 1.30. The number of furan rings is 1. The number of rotatable bonds is 7. The van der Waals surface area contributed by atoms with Crippen molar-refractivity contribution < 1.29 is 23.6 Å². The van der Waals surface area contributed by atoms with Crippen LogP contribution in [0.2, 0.25) is 0 Å². The average molecular weight is 493 g/mol. The van der Waals surface area contributed by atoms with Crippen molar-refractivity contribution >= 4 is 23.5 Å². The molecule has 3 fully saturated rings. The lowest BCUT2D eigenvalue weighted by Gasteiger charge is -2.31. The first-order chi connectivity index (χ1) is 17.5. The maximum Gasteiger partial charge on any atom is 0.255 e. The molecule has 5 rings (SSSR count). The van der Waals surface area contributed by atoms with E-state index >= 15 is 0 Å². The zero-order valence-electron chi connectivity index (χ0n) is 20.3. The molecule has 2 aliphatic heterocycles. The topological polar surface area (TPSA) is 113 Å². The summed E-state index contributed by atoms with van der Waals surface area (Å²) >= 11 is 0. The molecule has 9 heteroatoms. The number of hydrogen-bond acceptors (Lipinski definition) is 6. The maximum atomic E-state index is 13.8. The van der Waals surface area contributed by atoms with E-state index in [0.717, 1.165) is 31.2 Å². The standard InChI is InChI=1S/C27H32N4O5/c32-23-16-31(24(33)14-19-7-4-10-28-15-19)22-8-11-30(25(22)23)27(35)21(13-18-5-2-1-3-6-18)29-26(34)20-9-12-36-17-20/h4,7,9-10,12,15,17-18,21-22,25H,1-3,5-6,8,11,13-14,16H2,(H,29,34). The molecule has 3 amide bonds. The van der Waals surface area contributed by atoms with E-state index < -0.39 is 12.1 Å². The molecule has 3 atom stereocenters. The van der Waals surface area contributed by atoms with E-state index in [2.05, 4.69) is 10.3 Å². The van der Waals surface area contributed by atoms with Gasteiger partial charge >= 0.3 is 0 Å². The highest BCUT2D eigenvalue weighted by Crippen LogP contribution is 2.33. The quantitative estimate of drug-likeness (QED) is 0.635. The zero-order chi connectivity index (χ0) is 25.1. The van der Waals surface area contributed by atoms with Crippen molar-refractivity contribution in [2.45, 2.75) is 69.5 Å². The number of fused-ring (bicyclic) bond motifs is 1. The van der Waals surface area contributed by atoms with E-state index in [-0.39, 0.29) is 42.5 Å². The minimum absolute atomic E-state index is 0.00682. The van der Waals surface area contributed by atoms with Gasteiger partial charge in [0.15, 0.2) is 5.78 Å². The molecule has 3 unspecified atom stereocenters. The first-order valence-corrected chi connectivity index (χ1v) is 12.9. The third-order valence-corrected chi connectivity index (χ3v) is 7.78. The lowest BCUT2D eigenvalue weighted by molar-refractivity contribution is -0.138. The van der Waals surface area contributed by atoms with Crippen molar-refractivity contribution in [3.63, 3.8) is 0 Å². The molecule has 2 aromatic rings. The van der Waals surface area contributed by atoms with Gasteiger partial charge in [0.2, 0.25) is 11.8 Å². The minimum Gasteiger partial charge on any atom is -0.472 e. The molecule has 36 heavy (non-hydrogen) atoms. The molecule has 3 aliphatic rings. The summed E-state index contributed by atoms with van der Waals surface area (Å²) in [6.45, 7) is 0.395. The Morgan fingerprint density at radius 3 is 2.67 bits per heavy atom. The van der Waals surface area contributed by atoms with Gasteiger partial charge in [-0.15, -0.1) is 0 Å². The summed E-state index contributed by atoms with van der Waals surface area (Å²) in [4.78, 5) is 60.0. The van der Waals surface area contributed by atoms with Crippen LogP contribution >= 0.6 is 0 Å². The summed E-state index contributed by atoms with van der Waals surface area (Å²) in [7, 11) is 0. The Hall–Kier alpha value is -3.49. The highest BCUT2D eigenvalue weighted by molar-refractivity contribution is 6.00. The van der Waals surface area contributed by atoms with Crippen molar-refractivity contribution in [3.8, 4) is 0 Å². The van der Waals surface area contributed by atoms with Gasteiger partial charge in [0.25, 0.3) is 5.91 Å². The van der Waals surface area contributed by atoms with Crippen LogP contribution in [0.15, 0.2) is 47.5 Å². The van der Waals surface area contributed by atoms with Crippen LogP contribution in [0.5, 0.6) is 0 Å². The van der Waals surface area contributed by atoms with Gasteiger partial charge in [0.05, 0.1) is 30.8 Å². The van der Waals surface area contributed by atoms with Crippen LogP contribution in [0.25, 0.3) is 0 Å². The summed E-state index contributed by atoms with van der Waals surface area (Å²) in [5.74, 6) is -0.500. The second-order valence-corrected chi connectivity index (χ2v) is 10.1. The molecular formula is C27H32N4O5. The van der Waals surface area contributed by atoms with Crippen molar-refractivity contribution in [1.82, 2.24) is 20.1 Å². The monoisotopic (exact) mass is 492 g/mol. The molecule has 190 valence electrons. The molecule has 0 spiro atoms. The molecule has 9 nitrogen and oxygen atoms in total. The fraction of sp³-hybridized carbons (Fsp3) is 0.519. The average Bonchev–Trinajstić information content (AvgIpc) is 3.64. The predicted molar refractivity (Wildman–Crippen MR) is 130 cm³/mol. The van der Waals surface area contributed by atoms with Crippen molar-refractivity contribution in [3.05, 3.63) is 54.2 Å². The maximum absolute atomic E-state index is 13.8. The molecule has 1 aliphatic carbocycles. The Morgan fingerprint density at radius 1 is 1.11 bits per heavy atom. The summed E-state index contributed by atoms with van der Waals surface area (Å²) in [5, 5.41) is 2.92. The third-order valence-electron chi connectivity index (χ3n) is 7.78. The predicted octanol–water partition coefficient (Wildman–Crippen LogP) is 2.37. The first kappa shape index (κ1) is 24.2. The zero-order valence-corrected chi connectivity index (χ0v) is 20.3. The fourth-order valence-electron chi connectivity index (χ4n) is 5.98. The molecular weight excluding hydrogens is 460 g/mol. The number of aromatic nitrogens is 1. The number of ketones is 1. The molecule has 2 aromatic heterocycles. The van der Waals surface area contributed by atoms with Crippen molar-refractivity contribution in [1.29, 1.82) is 0 Å². The first-order valence-electron chi connectivity index (χ1n) is 12.9. The molecule has 0 aromatic carbocycles. The van der Waals surface area contributed by atoms with Crippen LogP contribution < -0.4 is 5.32 Å². The molecule has 0 radical (unpaired) electrons. The van der Waals surface area contributed by atoms with Crippen LogP contribution in [0.4, 0.5) is 0 Å². The van der Waals surface area contributed by atoms with Gasteiger partial charge in [0, 0.05) is 18.9 Å². The van der Waals surface area contributed by atoms with Crippen LogP contribution in [0.3, 0.4) is 0 Å². The number of amides is 3.